The van der Waals surface area contributed by atoms with Crippen molar-refractivity contribution < 1.29 is 0 Å². The number of anilines is 1. The highest BCUT2D eigenvalue weighted by Crippen LogP contribution is 2.28. The van der Waals surface area contributed by atoms with Crippen LogP contribution in [-0.4, -0.2) is 46.7 Å². The zero-order valence-electron chi connectivity index (χ0n) is 15.2. The lowest BCUT2D eigenvalue weighted by molar-refractivity contribution is 0.425. The SMILES string of the molecule is C=CCc1c(C)nc2c(-c3ccccc3)cnn2c1NCCN(C)C. The van der Waals surface area contributed by atoms with Crippen LogP contribution in [0.1, 0.15) is 11.3 Å². The van der Waals surface area contributed by atoms with Crippen LogP contribution >= 0.6 is 0 Å². The van der Waals surface area contributed by atoms with E-state index in [2.05, 4.69) is 55.0 Å². The summed E-state index contributed by atoms with van der Waals surface area (Å²) < 4.78 is 1.92. The van der Waals surface area contributed by atoms with Gasteiger partial charge in [0.1, 0.15) is 5.82 Å². The molecule has 0 bridgehead atoms. The van der Waals surface area contributed by atoms with Gasteiger partial charge in [0.05, 0.1) is 6.20 Å². The van der Waals surface area contributed by atoms with Crippen molar-refractivity contribution in [3.05, 3.63) is 60.4 Å². The minimum atomic E-state index is 0.763. The van der Waals surface area contributed by atoms with E-state index in [1.807, 2.05) is 35.0 Å². The molecular formula is C20H25N5. The molecule has 0 amide bonds. The predicted molar refractivity (Wildman–Crippen MR) is 104 cm³/mol. The number of fused-ring (bicyclic) bond motifs is 1. The van der Waals surface area contributed by atoms with Gasteiger partial charge in [-0.05, 0) is 33.0 Å². The van der Waals surface area contributed by atoms with Gasteiger partial charge in [0.2, 0.25) is 0 Å². The molecule has 0 fully saturated rings. The zero-order chi connectivity index (χ0) is 17.8. The van der Waals surface area contributed by atoms with Crippen LogP contribution in [0.3, 0.4) is 0 Å². The van der Waals surface area contributed by atoms with Crippen LogP contribution < -0.4 is 5.32 Å². The van der Waals surface area contributed by atoms with Crippen LogP contribution in [0.15, 0.2) is 49.2 Å². The summed E-state index contributed by atoms with van der Waals surface area (Å²) in [5, 5.41) is 8.17. The van der Waals surface area contributed by atoms with Crippen LogP contribution in [0.4, 0.5) is 5.82 Å². The summed E-state index contributed by atoms with van der Waals surface area (Å²) in [6.45, 7) is 7.73. The van der Waals surface area contributed by atoms with Crippen molar-refractivity contribution in [3.8, 4) is 11.1 Å². The first-order chi connectivity index (χ1) is 12.1. The van der Waals surface area contributed by atoms with E-state index in [-0.39, 0.29) is 0 Å². The monoisotopic (exact) mass is 335 g/mol. The van der Waals surface area contributed by atoms with Gasteiger partial charge in [-0.2, -0.15) is 9.61 Å². The minimum absolute atomic E-state index is 0.763. The normalized spacial score (nSPS) is 11.2. The van der Waals surface area contributed by atoms with E-state index in [0.717, 1.165) is 53.4 Å². The third kappa shape index (κ3) is 3.56. The lowest BCUT2D eigenvalue weighted by Gasteiger charge is -2.17. The first-order valence-electron chi connectivity index (χ1n) is 8.54. The van der Waals surface area contributed by atoms with E-state index in [1.165, 1.54) is 0 Å². The number of rotatable bonds is 7. The molecule has 1 aromatic carbocycles. The molecule has 0 atom stereocenters. The third-order valence-electron chi connectivity index (χ3n) is 4.24. The van der Waals surface area contributed by atoms with E-state index >= 15 is 0 Å². The zero-order valence-corrected chi connectivity index (χ0v) is 15.2. The molecular weight excluding hydrogens is 310 g/mol. The maximum absolute atomic E-state index is 4.84. The van der Waals surface area contributed by atoms with Gasteiger partial charge in [-0.1, -0.05) is 36.4 Å². The van der Waals surface area contributed by atoms with Crippen molar-refractivity contribution in [2.75, 3.05) is 32.5 Å². The summed E-state index contributed by atoms with van der Waals surface area (Å²) in [5.74, 6) is 1.01. The molecule has 0 saturated carbocycles. The van der Waals surface area contributed by atoms with Crippen molar-refractivity contribution in [2.45, 2.75) is 13.3 Å². The standard InChI is InChI=1S/C20H25N5/c1-5-9-17-15(2)23-20-18(16-10-7-6-8-11-16)14-22-25(20)19(17)21-12-13-24(3)4/h5-8,10-11,14,21H,1,9,12-13H2,2-4H3. The molecule has 0 aliphatic heterocycles. The lowest BCUT2D eigenvalue weighted by Crippen LogP contribution is -2.22. The van der Waals surface area contributed by atoms with Gasteiger partial charge in [-0.3, -0.25) is 0 Å². The Morgan fingerprint density at radius 1 is 1.24 bits per heavy atom. The Bertz CT molecular complexity index is 865. The van der Waals surface area contributed by atoms with Crippen LogP contribution in [0, 0.1) is 6.92 Å². The number of nitrogens with one attached hydrogen (secondary N) is 1. The number of hydrogen-bond donors (Lipinski definition) is 1. The number of nitrogens with zero attached hydrogens (tertiary/aromatic N) is 4. The molecule has 0 aliphatic carbocycles. The topological polar surface area (TPSA) is 45.5 Å². The molecule has 130 valence electrons. The highest BCUT2D eigenvalue weighted by molar-refractivity contribution is 5.78. The molecule has 1 N–H and O–H groups in total. The van der Waals surface area contributed by atoms with Gasteiger partial charge >= 0.3 is 0 Å². The molecule has 0 unspecified atom stereocenters. The Kier molecular flexibility index (Phi) is 5.14. The van der Waals surface area contributed by atoms with Crippen LogP contribution in [0.25, 0.3) is 16.8 Å². The quantitative estimate of drug-likeness (QED) is 0.672. The summed E-state index contributed by atoms with van der Waals surface area (Å²) in [6, 6.07) is 10.3. The van der Waals surface area contributed by atoms with Gasteiger partial charge in [0, 0.05) is 29.9 Å². The highest BCUT2D eigenvalue weighted by Gasteiger charge is 2.16. The number of likely N-dealkylation sites (N-methyl/N-ethyl adjacent to an activating group) is 1. The smallest absolute Gasteiger partial charge is 0.165 e. The molecule has 5 heteroatoms. The molecule has 3 rings (SSSR count). The number of allylic oxidation sites excluding steroid dienone is 1. The van der Waals surface area contributed by atoms with E-state index < -0.39 is 0 Å². The lowest BCUT2D eigenvalue weighted by atomic mass is 10.1. The molecule has 2 aromatic heterocycles. The molecule has 0 radical (unpaired) electrons. The minimum Gasteiger partial charge on any atom is -0.368 e. The number of aromatic nitrogens is 3. The second-order valence-electron chi connectivity index (χ2n) is 6.41. The van der Waals surface area contributed by atoms with E-state index in [9.17, 15) is 0 Å². The van der Waals surface area contributed by atoms with Crippen molar-refractivity contribution >= 4 is 11.5 Å². The maximum Gasteiger partial charge on any atom is 0.165 e. The van der Waals surface area contributed by atoms with Gasteiger partial charge in [0.25, 0.3) is 0 Å². The summed E-state index contributed by atoms with van der Waals surface area (Å²) in [7, 11) is 4.14. The molecule has 0 spiro atoms. The van der Waals surface area contributed by atoms with Crippen molar-refractivity contribution in [3.63, 3.8) is 0 Å². The third-order valence-corrected chi connectivity index (χ3v) is 4.24. The number of aryl methyl sites for hydroxylation is 1. The molecule has 0 saturated heterocycles. The molecule has 3 aromatic rings. The summed E-state index contributed by atoms with van der Waals surface area (Å²) in [6.07, 6.45) is 4.57. The van der Waals surface area contributed by atoms with E-state index in [1.54, 1.807) is 0 Å². The molecule has 25 heavy (non-hydrogen) atoms. The average Bonchev–Trinajstić information content (AvgIpc) is 3.01. The Morgan fingerprint density at radius 3 is 2.68 bits per heavy atom. The van der Waals surface area contributed by atoms with Gasteiger partial charge in [-0.25, -0.2) is 4.98 Å². The fraction of sp³-hybridized carbons (Fsp3) is 0.300. The summed E-state index contributed by atoms with van der Waals surface area (Å²) in [5.41, 5.74) is 5.20. The fourth-order valence-corrected chi connectivity index (χ4v) is 2.93. The Labute approximate surface area is 149 Å². The predicted octanol–water partition coefficient (Wildman–Crippen LogP) is 3.41. The maximum atomic E-state index is 4.84. The van der Waals surface area contributed by atoms with Crippen molar-refractivity contribution in [1.82, 2.24) is 19.5 Å². The Morgan fingerprint density at radius 2 is 2.00 bits per heavy atom. The second-order valence-corrected chi connectivity index (χ2v) is 6.41. The summed E-state index contributed by atoms with van der Waals surface area (Å²) in [4.78, 5) is 6.99. The van der Waals surface area contributed by atoms with Crippen molar-refractivity contribution in [1.29, 1.82) is 0 Å². The number of benzene rings is 1. The van der Waals surface area contributed by atoms with Gasteiger partial charge in [-0.15, -0.1) is 6.58 Å². The van der Waals surface area contributed by atoms with E-state index in [0.29, 0.717) is 0 Å². The average molecular weight is 335 g/mol. The number of hydrogen-bond acceptors (Lipinski definition) is 4. The molecule has 0 aliphatic rings. The molecule has 5 nitrogen and oxygen atoms in total. The van der Waals surface area contributed by atoms with Crippen molar-refractivity contribution in [2.24, 2.45) is 0 Å². The second kappa shape index (κ2) is 7.49. The van der Waals surface area contributed by atoms with E-state index in [4.69, 9.17) is 4.98 Å². The Balaban J connectivity index is 2.11. The van der Waals surface area contributed by atoms with Gasteiger partial charge < -0.3 is 10.2 Å². The van der Waals surface area contributed by atoms with Crippen LogP contribution in [-0.2, 0) is 6.42 Å². The highest BCUT2D eigenvalue weighted by atomic mass is 15.3. The fourth-order valence-electron chi connectivity index (χ4n) is 2.93. The van der Waals surface area contributed by atoms with Crippen LogP contribution in [0.5, 0.6) is 0 Å². The van der Waals surface area contributed by atoms with Crippen LogP contribution in [0.2, 0.25) is 0 Å². The first-order valence-corrected chi connectivity index (χ1v) is 8.54. The largest absolute Gasteiger partial charge is 0.368 e. The summed E-state index contributed by atoms with van der Waals surface area (Å²) >= 11 is 0. The first kappa shape index (κ1) is 17.2. The molecule has 2 heterocycles. The van der Waals surface area contributed by atoms with Gasteiger partial charge in [0.15, 0.2) is 5.65 Å². The Hall–Kier alpha value is -2.66.